The van der Waals surface area contributed by atoms with Crippen molar-refractivity contribution in [1.82, 2.24) is 9.97 Å². The van der Waals surface area contributed by atoms with Crippen molar-refractivity contribution in [3.63, 3.8) is 0 Å². The van der Waals surface area contributed by atoms with Gasteiger partial charge in [-0.3, -0.25) is 0 Å². The Bertz CT molecular complexity index is 464. The Morgan fingerprint density at radius 3 is 1.94 bits per heavy atom. The summed E-state index contributed by atoms with van der Waals surface area (Å²) in [5, 5.41) is 0. The maximum Gasteiger partial charge on any atom is 0.150 e. The van der Waals surface area contributed by atoms with Gasteiger partial charge in [0.15, 0.2) is 0 Å². The molecule has 86 valence electrons. The molecule has 0 radical (unpaired) electrons. The van der Waals surface area contributed by atoms with Crippen molar-refractivity contribution in [2.24, 2.45) is 0 Å². The molecule has 0 N–H and O–H groups in total. The van der Waals surface area contributed by atoms with Crippen molar-refractivity contribution in [2.75, 3.05) is 19.0 Å². The predicted molar refractivity (Wildman–Crippen MR) is 70.0 cm³/mol. The van der Waals surface area contributed by atoms with Crippen molar-refractivity contribution in [3.05, 3.63) is 30.0 Å². The third-order valence-electron chi connectivity index (χ3n) is 2.14. The van der Waals surface area contributed by atoms with Crippen molar-refractivity contribution in [3.8, 4) is 0 Å². The van der Waals surface area contributed by atoms with Crippen LogP contribution in [-0.2, 0) is 0 Å². The molecule has 0 saturated carbocycles. The van der Waals surface area contributed by atoms with Gasteiger partial charge in [-0.1, -0.05) is 26.0 Å². The van der Waals surface area contributed by atoms with Crippen molar-refractivity contribution in [1.29, 1.82) is 0 Å². The Hall–Kier alpha value is -1.64. The molecule has 0 saturated heterocycles. The number of nitrogens with zero attached hydrogens (tertiary/aromatic N) is 3. The maximum absolute atomic E-state index is 4.54. The summed E-state index contributed by atoms with van der Waals surface area (Å²) in [4.78, 5) is 11.0. The van der Waals surface area contributed by atoms with Crippen molar-refractivity contribution >= 4 is 16.9 Å². The molecule has 0 bridgehead atoms. The average Bonchev–Trinajstić information content (AvgIpc) is 2.30. The van der Waals surface area contributed by atoms with E-state index in [9.17, 15) is 0 Å². The van der Waals surface area contributed by atoms with Gasteiger partial charge in [0.05, 0.1) is 16.7 Å². The van der Waals surface area contributed by atoms with Gasteiger partial charge in [-0.2, -0.15) is 0 Å². The molecule has 3 heteroatoms. The lowest BCUT2D eigenvalue weighted by Crippen LogP contribution is -2.13. The second-order valence-corrected chi connectivity index (χ2v) is 3.52. The van der Waals surface area contributed by atoms with E-state index < -0.39 is 0 Å². The minimum atomic E-state index is 0.934. The van der Waals surface area contributed by atoms with Crippen LogP contribution in [0.2, 0.25) is 0 Å². The number of aryl methyl sites for hydroxylation is 1. The molecule has 0 atom stereocenters. The number of rotatable bonds is 1. The monoisotopic (exact) mass is 217 g/mol. The first kappa shape index (κ1) is 12.4. The van der Waals surface area contributed by atoms with Crippen LogP contribution in [0.15, 0.2) is 24.3 Å². The summed E-state index contributed by atoms with van der Waals surface area (Å²) in [6.07, 6.45) is 0. The quantitative estimate of drug-likeness (QED) is 0.735. The van der Waals surface area contributed by atoms with Crippen LogP contribution >= 0.6 is 0 Å². The summed E-state index contributed by atoms with van der Waals surface area (Å²) in [5.74, 6) is 0.934. The predicted octanol–water partition coefficient (Wildman–Crippen LogP) is 3.03. The first-order valence-corrected chi connectivity index (χ1v) is 5.59. The second-order valence-electron chi connectivity index (χ2n) is 3.52. The van der Waals surface area contributed by atoms with E-state index in [1.807, 2.05) is 64.0 Å². The zero-order valence-corrected chi connectivity index (χ0v) is 10.7. The van der Waals surface area contributed by atoms with E-state index in [0.717, 1.165) is 22.5 Å². The summed E-state index contributed by atoms with van der Waals surface area (Å²) in [6.45, 7) is 5.98. The van der Waals surface area contributed by atoms with Crippen LogP contribution in [0.3, 0.4) is 0 Å². The van der Waals surface area contributed by atoms with E-state index in [0.29, 0.717) is 0 Å². The van der Waals surface area contributed by atoms with Gasteiger partial charge in [-0.15, -0.1) is 0 Å². The fraction of sp³-hybridized carbons (Fsp3) is 0.385. The molecule has 2 aromatic rings. The number of aromatic nitrogens is 2. The maximum atomic E-state index is 4.54. The minimum absolute atomic E-state index is 0.934. The largest absolute Gasteiger partial charge is 0.361 e. The molecule has 2 rings (SSSR count). The SMILES string of the molecule is CC.Cc1nc2ccccc2nc1N(C)C. The smallest absolute Gasteiger partial charge is 0.150 e. The molecule has 0 spiro atoms. The van der Waals surface area contributed by atoms with Gasteiger partial charge in [0, 0.05) is 14.1 Å². The molecule has 3 nitrogen and oxygen atoms in total. The van der Waals surface area contributed by atoms with E-state index >= 15 is 0 Å². The van der Waals surface area contributed by atoms with E-state index in [2.05, 4.69) is 9.97 Å². The van der Waals surface area contributed by atoms with E-state index in [4.69, 9.17) is 0 Å². The number of hydrogen-bond acceptors (Lipinski definition) is 3. The zero-order valence-electron chi connectivity index (χ0n) is 10.7. The lowest BCUT2D eigenvalue weighted by molar-refractivity contribution is 1.03. The van der Waals surface area contributed by atoms with Crippen LogP contribution in [0.5, 0.6) is 0 Å². The van der Waals surface area contributed by atoms with Gasteiger partial charge in [-0.05, 0) is 19.1 Å². The molecule has 1 heterocycles. The van der Waals surface area contributed by atoms with E-state index in [1.54, 1.807) is 0 Å². The lowest BCUT2D eigenvalue weighted by Gasteiger charge is -2.13. The number of anilines is 1. The molecule has 0 aliphatic rings. The fourth-order valence-corrected chi connectivity index (χ4v) is 1.50. The molecule has 1 aromatic carbocycles. The van der Waals surface area contributed by atoms with Gasteiger partial charge < -0.3 is 4.90 Å². The highest BCUT2D eigenvalue weighted by atomic mass is 15.1. The normalized spacial score (nSPS) is 9.56. The Morgan fingerprint density at radius 2 is 1.44 bits per heavy atom. The van der Waals surface area contributed by atoms with Crippen molar-refractivity contribution in [2.45, 2.75) is 20.8 Å². The van der Waals surface area contributed by atoms with Crippen LogP contribution in [-0.4, -0.2) is 24.1 Å². The van der Waals surface area contributed by atoms with Crippen LogP contribution in [0.4, 0.5) is 5.82 Å². The third-order valence-corrected chi connectivity index (χ3v) is 2.14. The first-order chi connectivity index (χ1) is 7.68. The number of hydrogen-bond donors (Lipinski definition) is 0. The average molecular weight is 217 g/mol. The van der Waals surface area contributed by atoms with Crippen LogP contribution in [0, 0.1) is 6.92 Å². The first-order valence-electron chi connectivity index (χ1n) is 5.59. The van der Waals surface area contributed by atoms with E-state index in [1.165, 1.54) is 0 Å². The molecule has 1 aromatic heterocycles. The van der Waals surface area contributed by atoms with Gasteiger partial charge >= 0.3 is 0 Å². The van der Waals surface area contributed by atoms with Crippen LogP contribution in [0.25, 0.3) is 11.0 Å². The Kier molecular flexibility index (Phi) is 4.23. The van der Waals surface area contributed by atoms with Crippen LogP contribution in [0.1, 0.15) is 19.5 Å². The fourth-order valence-electron chi connectivity index (χ4n) is 1.50. The lowest BCUT2D eigenvalue weighted by atomic mass is 10.3. The molecule has 0 fully saturated rings. The highest BCUT2D eigenvalue weighted by molar-refractivity contribution is 5.76. The topological polar surface area (TPSA) is 29.0 Å². The van der Waals surface area contributed by atoms with Gasteiger partial charge in [0.25, 0.3) is 0 Å². The van der Waals surface area contributed by atoms with Gasteiger partial charge in [0.2, 0.25) is 0 Å². The zero-order chi connectivity index (χ0) is 12.1. The number of para-hydroxylation sites is 2. The Labute approximate surface area is 97.1 Å². The summed E-state index contributed by atoms with van der Waals surface area (Å²) >= 11 is 0. The van der Waals surface area contributed by atoms with Gasteiger partial charge in [0.1, 0.15) is 5.82 Å². The number of fused-ring (bicyclic) bond motifs is 1. The van der Waals surface area contributed by atoms with Crippen LogP contribution < -0.4 is 4.90 Å². The van der Waals surface area contributed by atoms with Gasteiger partial charge in [-0.25, -0.2) is 9.97 Å². The highest BCUT2D eigenvalue weighted by Gasteiger charge is 2.05. The molecule has 0 unspecified atom stereocenters. The summed E-state index contributed by atoms with van der Waals surface area (Å²) in [7, 11) is 3.96. The van der Waals surface area contributed by atoms with E-state index in [-0.39, 0.29) is 0 Å². The molecule has 0 aliphatic carbocycles. The van der Waals surface area contributed by atoms with Crippen molar-refractivity contribution < 1.29 is 0 Å². The summed E-state index contributed by atoms with van der Waals surface area (Å²) in [5.41, 5.74) is 2.87. The molecular formula is C13H19N3. The molecular weight excluding hydrogens is 198 g/mol. The molecule has 0 aliphatic heterocycles. The number of benzene rings is 1. The Balaban J connectivity index is 0.000000606. The summed E-state index contributed by atoms with van der Waals surface area (Å²) in [6, 6.07) is 7.92. The molecule has 16 heavy (non-hydrogen) atoms. The summed E-state index contributed by atoms with van der Waals surface area (Å²) < 4.78 is 0. The molecule has 0 amide bonds. The highest BCUT2D eigenvalue weighted by Crippen LogP contribution is 2.17. The third kappa shape index (κ3) is 2.48. The standard InChI is InChI=1S/C11H13N3.C2H6/c1-8-11(14(2)3)13-10-7-5-4-6-9(10)12-8;1-2/h4-7H,1-3H3;1-2H3. The Morgan fingerprint density at radius 1 is 0.938 bits per heavy atom. The minimum Gasteiger partial charge on any atom is -0.361 e. The second kappa shape index (κ2) is 5.45.